The molecule has 3 atom stereocenters. The molecule has 3 aromatic carbocycles. The first-order valence-corrected chi connectivity index (χ1v) is 11.3. The molecule has 4 nitrogen and oxygen atoms in total. The van der Waals surface area contributed by atoms with Crippen molar-refractivity contribution >= 4 is 22.4 Å². The average Bonchev–Trinajstić information content (AvgIpc) is 3.50. The highest BCUT2D eigenvalue weighted by Gasteiger charge is 2.40. The maximum absolute atomic E-state index is 13.0. The highest BCUT2D eigenvalue weighted by molar-refractivity contribution is 5.95. The van der Waals surface area contributed by atoms with Crippen molar-refractivity contribution in [2.45, 2.75) is 31.2 Å². The van der Waals surface area contributed by atoms with Gasteiger partial charge < -0.3 is 15.3 Å². The molecule has 3 aromatic rings. The first kappa shape index (κ1) is 18.5. The number of anilines is 1. The lowest BCUT2D eigenvalue weighted by Crippen LogP contribution is -2.31. The standard InChI is InChI=1S/C27H26N2O2/c30-24-13-11-17-6-1-2-7-19(17)25(24)26-21-9-5-8-20(21)22-16-18(10-12-23(22)28-26)27(31)29-14-3-4-15-29/h1-2,5-8,10-13,16,20-21,26,28,30H,3-4,9,14-15H2. The van der Waals surface area contributed by atoms with Crippen LogP contribution in [-0.4, -0.2) is 29.0 Å². The molecule has 1 fully saturated rings. The molecule has 6 rings (SSSR count). The van der Waals surface area contributed by atoms with Crippen molar-refractivity contribution in [3.05, 3.63) is 83.4 Å². The molecule has 2 heterocycles. The molecule has 3 aliphatic rings. The van der Waals surface area contributed by atoms with Crippen LogP contribution < -0.4 is 5.32 Å². The molecular weight excluding hydrogens is 384 g/mol. The third kappa shape index (κ3) is 2.93. The summed E-state index contributed by atoms with van der Waals surface area (Å²) < 4.78 is 0. The number of nitrogens with zero attached hydrogens (tertiary/aromatic N) is 1. The molecule has 1 saturated heterocycles. The summed E-state index contributed by atoms with van der Waals surface area (Å²) in [4.78, 5) is 14.9. The highest BCUT2D eigenvalue weighted by atomic mass is 16.3. The van der Waals surface area contributed by atoms with Crippen molar-refractivity contribution in [2.24, 2.45) is 5.92 Å². The third-order valence-electron chi connectivity index (χ3n) is 7.26. The molecule has 0 aromatic heterocycles. The van der Waals surface area contributed by atoms with E-state index in [1.165, 1.54) is 5.56 Å². The minimum absolute atomic E-state index is 0.0127. The van der Waals surface area contributed by atoms with Gasteiger partial charge in [-0.15, -0.1) is 0 Å². The monoisotopic (exact) mass is 410 g/mol. The zero-order valence-electron chi connectivity index (χ0n) is 17.4. The van der Waals surface area contributed by atoms with E-state index in [1.54, 1.807) is 0 Å². The molecular formula is C27H26N2O2. The Labute approximate surface area is 182 Å². The second-order valence-electron chi connectivity index (χ2n) is 9.00. The largest absolute Gasteiger partial charge is 0.508 e. The number of phenols is 1. The quantitative estimate of drug-likeness (QED) is 0.540. The predicted molar refractivity (Wildman–Crippen MR) is 124 cm³/mol. The predicted octanol–water partition coefficient (Wildman–Crippen LogP) is 5.61. The van der Waals surface area contributed by atoms with Crippen LogP contribution in [0.25, 0.3) is 10.8 Å². The third-order valence-corrected chi connectivity index (χ3v) is 7.26. The second kappa shape index (κ2) is 7.16. The Balaban J connectivity index is 1.43. The number of hydrogen-bond donors (Lipinski definition) is 2. The molecule has 0 spiro atoms. The summed E-state index contributed by atoms with van der Waals surface area (Å²) in [5.41, 5.74) is 4.01. The first-order valence-electron chi connectivity index (χ1n) is 11.3. The van der Waals surface area contributed by atoms with Gasteiger partial charge in [-0.25, -0.2) is 0 Å². The minimum atomic E-state index is 0.0127. The van der Waals surface area contributed by atoms with Crippen molar-refractivity contribution in [2.75, 3.05) is 18.4 Å². The number of rotatable bonds is 2. The SMILES string of the molecule is O=C(c1ccc2c(c1)C1C=CCC1C(c1c(O)ccc3ccccc13)N2)N1CCCC1. The van der Waals surface area contributed by atoms with Crippen LogP contribution in [-0.2, 0) is 0 Å². The summed E-state index contributed by atoms with van der Waals surface area (Å²) in [6.07, 6.45) is 7.68. The number of carbonyl (C=O) groups is 1. The Morgan fingerprint density at radius 2 is 1.87 bits per heavy atom. The lowest BCUT2D eigenvalue weighted by atomic mass is 9.75. The van der Waals surface area contributed by atoms with Crippen molar-refractivity contribution in [3.8, 4) is 5.75 Å². The van der Waals surface area contributed by atoms with Crippen molar-refractivity contribution in [1.82, 2.24) is 4.90 Å². The summed E-state index contributed by atoms with van der Waals surface area (Å²) in [6, 6.07) is 18.1. The molecule has 0 saturated carbocycles. The van der Waals surface area contributed by atoms with Gasteiger partial charge in [-0.2, -0.15) is 0 Å². The van der Waals surface area contributed by atoms with Gasteiger partial charge in [0.15, 0.2) is 0 Å². The first-order chi connectivity index (χ1) is 15.2. The number of carbonyl (C=O) groups excluding carboxylic acids is 1. The van der Waals surface area contributed by atoms with Gasteiger partial charge in [-0.3, -0.25) is 4.79 Å². The maximum Gasteiger partial charge on any atom is 0.253 e. The van der Waals surface area contributed by atoms with Gasteiger partial charge in [0.05, 0.1) is 6.04 Å². The number of hydrogen-bond acceptors (Lipinski definition) is 3. The number of amides is 1. The fourth-order valence-corrected chi connectivity index (χ4v) is 5.73. The van der Waals surface area contributed by atoms with Crippen LogP contribution in [0.3, 0.4) is 0 Å². The Kier molecular flexibility index (Phi) is 4.27. The number of nitrogens with one attached hydrogen (secondary N) is 1. The van der Waals surface area contributed by atoms with Gasteiger partial charge in [-0.05, 0) is 65.8 Å². The van der Waals surface area contributed by atoms with E-state index in [0.29, 0.717) is 11.7 Å². The van der Waals surface area contributed by atoms with Gasteiger partial charge >= 0.3 is 0 Å². The fourth-order valence-electron chi connectivity index (χ4n) is 5.73. The Hall–Kier alpha value is -3.27. The number of allylic oxidation sites excluding steroid dienone is 2. The van der Waals surface area contributed by atoms with Crippen molar-refractivity contribution in [1.29, 1.82) is 0 Å². The van der Waals surface area contributed by atoms with E-state index in [0.717, 1.165) is 59.9 Å². The zero-order chi connectivity index (χ0) is 20.9. The summed E-state index contributed by atoms with van der Waals surface area (Å²) in [5, 5.41) is 16.8. The number of fused-ring (bicyclic) bond motifs is 4. The second-order valence-corrected chi connectivity index (χ2v) is 9.00. The van der Waals surface area contributed by atoms with Crippen LogP contribution in [0.1, 0.15) is 52.7 Å². The van der Waals surface area contributed by atoms with Gasteiger partial charge in [0, 0.05) is 35.8 Å². The summed E-state index contributed by atoms with van der Waals surface area (Å²) in [5.74, 6) is 1.03. The van der Waals surface area contributed by atoms with Gasteiger partial charge in [-0.1, -0.05) is 42.5 Å². The number of likely N-dealkylation sites (tertiary alicyclic amines) is 1. The number of benzene rings is 3. The van der Waals surface area contributed by atoms with Crippen LogP contribution in [0, 0.1) is 5.92 Å². The van der Waals surface area contributed by atoms with E-state index in [4.69, 9.17) is 0 Å². The topological polar surface area (TPSA) is 52.6 Å². The Bertz CT molecular complexity index is 1210. The van der Waals surface area contributed by atoms with Gasteiger partial charge in [0.25, 0.3) is 5.91 Å². The van der Waals surface area contributed by atoms with E-state index < -0.39 is 0 Å². The molecule has 0 radical (unpaired) electrons. The zero-order valence-corrected chi connectivity index (χ0v) is 17.4. The molecule has 31 heavy (non-hydrogen) atoms. The van der Waals surface area contributed by atoms with Crippen LogP contribution in [0.15, 0.2) is 66.7 Å². The van der Waals surface area contributed by atoms with Gasteiger partial charge in [0.2, 0.25) is 0 Å². The summed E-state index contributed by atoms with van der Waals surface area (Å²) in [6.45, 7) is 1.73. The van der Waals surface area contributed by atoms with Crippen molar-refractivity contribution < 1.29 is 9.90 Å². The normalized spacial score (nSPS) is 24.1. The number of aromatic hydroxyl groups is 1. The van der Waals surface area contributed by atoms with E-state index >= 15 is 0 Å². The summed E-state index contributed by atoms with van der Waals surface area (Å²) in [7, 11) is 0. The van der Waals surface area contributed by atoms with Crippen LogP contribution in [0.4, 0.5) is 5.69 Å². The lowest BCUT2D eigenvalue weighted by Gasteiger charge is -2.38. The highest BCUT2D eigenvalue weighted by Crippen LogP contribution is 2.52. The maximum atomic E-state index is 13.0. The molecule has 2 N–H and O–H groups in total. The fraction of sp³-hybridized carbons (Fsp3) is 0.296. The van der Waals surface area contributed by atoms with Crippen LogP contribution in [0.2, 0.25) is 0 Å². The molecule has 2 aliphatic heterocycles. The smallest absolute Gasteiger partial charge is 0.253 e. The van der Waals surface area contributed by atoms with Crippen molar-refractivity contribution in [3.63, 3.8) is 0 Å². The average molecular weight is 411 g/mol. The molecule has 4 heteroatoms. The summed E-state index contributed by atoms with van der Waals surface area (Å²) >= 11 is 0. The van der Waals surface area contributed by atoms with E-state index in [-0.39, 0.29) is 17.9 Å². The van der Waals surface area contributed by atoms with Crippen LogP contribution >= 0.6 is 0 Å². The molecule has 1 amide bonds. The lowest BCUT2D eigenvalue weighted by molar-refractivity contribution is 0.0792. The molecule has 0 bridgehead atoms. The molecule has 156 valence electrons. The number of phenolic OH excluding ortho intramolecular Hbond substituents is 1. The Morgan fingerprint density at radius 1 is 1.03 bits per heavy atom. The van der Waals surface area contributed by atoms with Gasteiger partial charge in [0.1, 0.15) is 5.75 Å². The Morgan fingerprint density at radius 3 is 2.74 bits per heavy atom. The minimum Gasteiger partial charge on any atom is -0.508 e. The van der Waals surface area contributed by atoms with E-state index in [2.05, 4.69) is 41.7 Å². The van der Waals surface area contributed by atoms with Crippen LogP contribution in [0.5, 0.6) is 5.75 Å². The van der Waals surface area contributed by atoms with E-state index in [1.807, 2.05) is 35.2 Å². The molecule has 3 unspecified atom stereocenters. The molecule has 1 aliphatic carbocycles. The van der Waals surface area contributed by atoms with E-state index in [9.17, 15) is 9.90 Å².